The zero-order valence-corrected chi connectivity index (χ0v) is 16.7. The molecule has 1 aromatic carbocycles. The molecule has 1 atom stereocenters. The summed E-state index contributed by atoms with van der Waals surface area (Å²) in [5.41, 5.74) is 7.60. The van der Waals surface area contributed by atoms with Crippen LogP contribution in [-0.2, 0) is 13.0 Å². The quantitative estimate of drug-likeness (QED) is 0.706. The van der Waals surface area contributed by atoms with Gasteiger partial charge >= 0.3 is 0 Å². The fourth-order valence-electron chi connectivity index (χ4n) is 3.32. The van der Waals surface area contributed by atoms with Crippen LogP contribution in [0.5, 0.6) is 5.75 Å². The lowest BCUT2D eigenvalue weighted by Gasteiger charge is -2.22. The maximum absolute atomic E-state index is 12.7. The fraction of sp³-hybridized carbons (Fsp3) is 0.400. The molecule has 3 rings (SSSR count). The van der Waals surface area contributed by atoms with E-state index in [2.05, 4.69) is 12.2 Å². The first kappa shape index (κ1) is 19.4. The van der Waals surface area contributed by atoms with E-state index in [0.29, 0.717) is 21.9 Å². The molecule has 2 heterocycles. The van der Waals surface area contributed by atoms with Crippen LogP contribution >= 0.6 is 11.3 Å². The van der Waals surface area contributed by atoms with Crippen molar-refractivity contribution >= 4 is 28.2 Å². The number of quaternary nitrogens is 1. The van der Waals surface area contributed by atoms with Crippen LogP contribution in [0.3, 0.4) is 0 Å². The molecular weight excluding hydrogens is 362 g/mol. The van der Waals surface area contributed by atoms with Crippen LogP contribution in [0.15, 0.2) is 24.3 Å². The lowest BCUT2D eigenvalue weighted by atomic mass is 10.0. The number of likely N-dealkylation sites (N-methyl/N-ethyl adjacent to an activating group) is 1. The standard InChI is InChI=1S/C20H25N3O3S/c1-4-23-10-9-15-16(11-23)27-20(17(15)18(21)24)22-19(25)13-5-7-14(8-6-13)26-12(2)3/h5-8,12H,4,9-11H2,1-3H3,(H2,21,24)(H,22,25)/p+1. The van der Waals surface area contributed by atoms with E-state index in [1.165, 1.54) is 16.2 Å². The monoisotopic (exact) mass is 388 g/mol. The van der Waals surface area contributed by atoms with E-state index in [0.717, 1.165) is 36.5 Å². The Morgan fingerprint density at radius 2 is 2.00 bits per heavy atom. The van der Waals surface area contributed by atoms with Crippen molar-refractivity contribution in [3.63, 3.8) is 0 Å². The van der Waals surface area contributed by atoms with E-state index in [4.69, 9.17) is 10.5 Å². The van der Waals surface area contributed by atoms with Crippen LogP contribution in [0.2, 0.25) is 0 Å². The number of rotatable bonds is 6. The zero-order valence-electron chi connectivity index (χ0n) is 15.9. The number of nitrogens with one attached hydrogen (secondary N) is 2. The van der Waals surface area contributed by atoms with Crippen molar-refractivity contribution < 1.29 is 19.2 Å². The predicted octanol–water partition coefficient (Wildman–Crippen LogP) is 1.85. The van der Waals surface area contributed by atoms with Gasteiger partial charge < -0.3 is 20.7 Å². The zero-order chi connectivity index (χ0) is 19.6. The van der Waals surface area contributed by atoms with Crippen LogP contribution in [0.25, 0.3) is 0 Å². The highest BCUT2D eigenvalue weighted by Crippen LogP contribution is 2.34. The number of carbonyl (C=O) groups excluding carboxylic acids is 2. The van der Waals surface area contributed by atoms with Crippen LogP contribution in [0.4, 0.5) is 5.00 Å². The summed E-state index contributed by atoms with van der Waals surface area (Å²) in [6, 6.07) is 6.97. The summed E-state index contributed by atoms with van der Waals surface area (Å²) in [7, 11) is 0. The Morgan fingerprint density at radius 1 is 1.30 bits per heavy atom. The molecule has 6 nitrogen and oxygen atoms in total. The smallest absolute Gasteiger partial charge is 0.256 e. The minimum absolute atomic E-state index is 0.0741. The maximum Gasteiger partial charge on any atom is 0.256 e. The number of thiophene rings is 1. The summed E-state index contributed by atoms with van der Waals surface area (Å²) >= 11 is 1.47. The van der Waals surface area contributed by atoms with Crippen LogP contribution in [0.1, 0.15) is 51.9 Å². The highest BCUT2D eigenvalue weighted by molar-refractivity contribution is 7.17. The summed E-state index contributed by atoms with van der Waals surface area (Å²) in [6.45, 7) is 8.94. The molecule has 2 amide bonds. The lowest BCUT2D eigenvalue weighted by Crippen LogP contribution is -3.11. The van der Waals surface area contributed by atoms with E-state index in [1.807, 2.05) is 13.8 Å². The number of ether oxygens (including phenoxy) is 1. The average Bonchev–Trinajstić information content (AvgIpc) is 2.98. The minimum Gasteiger partial charge on any atom is -0.491 e. The van der Waals surface area contributed by atoms with E-state index in [1.54, 1.807) is 24.3 Å². The number of hydrogen-bond donors (Lipinski definition) is 3. The van der Waals surface area contributed by atoms with E-state index < -0.39 is 5.91 Å². The maximum atomic E-state index is 12.7. The largest absolute Gasteiger partial charge is 0.491 e. The SMILES string of the molecule is CC[NH+]1CCc2c(sc(NC(=O)c3ccc(OC(C)C)cc3)c2C(N)=O)C1. The molecule has 7 heteroatoms. The molecule has 1 aliphatic heterocycles. The third-order valence-electron chi connectivity index (χ3n) is 4.69. The van der Waals surface area contributed by atoms with Crippen molar-refractivity contribution in [3.8, 4) is 5.75 Å². The number of hydrogen-bond acceptors (Lipinski definition) is 4. The van der Waals surface area contributed by atoms with Crippen molar-refractivity contribution in [2.45, 2.75) is 39.8 Å². The van der Waals surface area contributed by atoms with Crippen LogP contribution in [-0.4, -0.2) is 31.0 Å². The van der Waals surface area contributed by atoms with Gasteiger partial charge in [0.25, 0.3) is 11.8 Å². The molecule has 0 fully saturated rings. The van der Waals surface area contributed by atoms with Gasteiger partial charge in [-0.15, -0.1) is 11.3 Å². The average molecular weight is 389 g/mol. The first-order valence-corrected chi connectivity index (χ1v) is 10.1. The molecule has 144 valence electrons. The number of benzene rings is 1. The van der Waals surface area contributed by atoms with Gasteiger partial charge in [0, 0.05) is 12.0 Å². The molecule has 0 saturated carbocycles. The normalized spacial score (nSPS) is 16.1. The van der Waals surface area contributed by atoms with Gasteiger partial charge in [0.2, 0.25) is 0 Å². The number of amides is 2. The molecule has 4 N–H and O–H groups in total. The van der Waals surface area contributed by atoms with Gasteiger partial charge in [0.15, 0.2) is 0 Å². The topological polar surface area (TPSA) is 85.9 Å². The second-order valence-electron chi connectivity index (χ2n) is 7.00. The number of nitrogens with two attached hydrogens (primary N) is 1. The highest BCUT2D eigenvalue weighted by Gasteiger charge is 2.29. The summed E-state index contributed by atoms with van der Waals surface area (Å²) in [5.74, 6) is -0.0242. The Hall–Kier alpha value is -2.38. The molecule has 0 bridgehead atoms. The second-order valence-corrected chi connectivity index (χ2v) is 8.10. The van der Waals surface area contributed by atoms with Crippen LogP contribution in [0, 0.1) is 0 Å². The van der Waals surface area contributed by atoms with Gasteiger partial charge in [0.05, 0.1) is 29.6 Å². The minimum atomic E-state index is -0.483. The molecule has 0 radical (unpaired) electrons. The number of anilines is 1. The van der Waals surface area contributed by atoms with Crippen molar-refractivity contribution in [1.29, 1.82) is 0 Å². The third-order valence-corrected chi connectivity index (χ3v) is 5.84. The van der Waals surface area contributed by atoms with Crippen molar-refractivity contribution in [3.05, 3.63) is 45.8 Å². The van der Waals surface area contributed by atoms with Crippen molar-refractivity contribution in [2.24, 2.45) is 5.73 Å². The summed E-state index contributed by atoms with van der Waals surface area (Å²) in [6.07, 6.45) is 0.884. The highest BCUT2D eigenvalue weighted by atomic mass is 32.1. The molecule has 0 spiro atoms. The first-order valence-electron chi connectivity index (χ1n) is 9.25. The molecule has 1 aliphatic rings. The number of primary amides is 1. The Kier molecular flexibility index (Phi) is 5.82. The summed E-state index contributed by atoms with van der Waals surface area (Å²) < 4.78 is 5.60. The molecule has 1 unspecified atom stereocenters. The predicted molar refractivity (Wildman–Crippen MR) is 107 cm³/mol. The Bertz CT molecular complexity index is 843. The molecule has 2 aromatic rings. The van der Waals surface area contributed by atoms with Crippen molar-refractivity contribution in [1.82, 2.24) is 0 Å². The van der Waals surface area contributed by atoms with Gasteiger partial charge in [-0.1, -0.05) is 0 Å². The summed E-state index contributed by atoms with van der Waals surface area (Å²) in [5, 5.41) is 3.44. The Labute approximate surface area is 163 Å². The lowest BCUT2D eigenvalue weighted by molar-refractivity contribution is -0.913. The fourth-order valence-corrected chi connectivity index (χ4v) is 4.64. The summed E-state index contributed by atoms with van der Waals surface area (Å²) in [4.78, 5) is 27.3. The first-order chi connectivity index (χ1) is 12.9. The molecule has 0 aliphatic carbocycles. The number of carbonyl (C=O) groups is 2. The molecule has 27 heavy (non-hydrogen) atoms. The van der Waals surface area contributed by atoms with Gasteiger partial charge in [-0.25, -0.2) is 0 Å². The van der Waals surface area contributed by atoms with E-state index in [-0.39, 0.29) is 12.0 Å². The van der Waals surface area contributed by atoms with E-state index in [9.17, 15) is 9.59 Å². The second kappa shape index (κ2) is 8.10. The van der Waals surface area contributed by atoms with Crippen LogP contribution < -0.4 is 20.7 Å². The van der Waals surface area contributed by atoms with Gasteiger partial charge in [-0.2, -0.15) is 0 Å². The van der Waals surface area contributed by atoms with Gasteiger partial charge in [-0.05, 0) is 50.6 Å². The Morgan fingerprint density at radius 3 is 2.59 bits per heavy atom. The van der Waals surface area contributed by atoms with E-state index >= 15 is 0 Å². The molecule has 0 saturated heterocycles. The number of fused-ring (bicyclic) bond motifs is 1. The third kappa shape index (κ3) is 4.31. The van der Waals surface area contributed by atoms with Gasteiger partial charge in [0.1, 0.15) is 17.3 Å². The van der Waals surface area contributed by atoms with Gasteiger partial charge in [-0.3, -0.25) is 9.59 Å². The molecule has 1 aromatic heterocycles. The Balaban J connectivity index is 1.81. The molecular formula is C20H26N3O3S+. The van der Waals surface area contributed by atoms with Crippen molar-refractivity contribution in [2.75, 3.05) is 18.4 Å².